The molecule has 0 aliphatic heterocycles. The van der Waals surface area contributed by atoms with Gasteiger partial charge < -0.3 is 10.6 Å². The van der Waals surface area contributed by atoms with Gasteiger partial charge in [0.2, 0.25) is 15.9 Å². The van der Waals surface area contributed by atoms with Crippen LogP contribution in [0.4, 0.5) is 5.69 Å². The minimum absolute atomic E-state index is 0.00224. The molecular weight excluding hydrogens is 418 g/mol. The maximum absolute atomic E-state index is 12.3. The molecule has 0 saturated carbocycles. The van der Waals surface area contributed by atoms with Crippen molar-refractivity contribution in [2.24, 2.45) is 5.41 Å². The molecule has 0 unspecified atom stereocenters. The Morgan fingerprint density at radius 2 is 1.39 bits per heavy atom. The maximum atomic E-state index is 12.3. The first-order chi connectivity index (χ1) is 14.4. The molecule has 0 fully saturated rings. The molecule has 0 aliphatic rings. The summed E-state index contributed by atoms with van der Waals surface area (Å²) in [5.74, 6) is -0.643. The van der Waals surface area contributed by atoms with Crippen LogP contribution in [0, 0.1) is 5.41 Å². The van der Waals surface area contributed by atoms with Crippen molar-refractivity contribution in [3.63, 3.8) is 0 Å². The van der Waals surface area contributed by atoms with Crippen LogP contribution in [-0.4, -0.2) is 39.1 Å². The molecule has 0 heterocycles. The molecule has 2 aromatic carbocycles. The number of carbonyl (C=O) groups is 3. The van der Waals surface area contributed by atoms with Gasteiger partial charge in [0, 0.05) is 35.3 Å². The minimum Gasteiger partial charge on any atom is -0.351 e. The largest absolute Gasteiger partial charge is 0.351 e. The third kappa shape index (κ3) is 7.01. The zero-order valence-corrected chi connectivity index (χ0v) is 18.8. The van der Waals surface area contributed by atoms with Gasteiger partial charge in [0.15, 0.2) is 5.78 Å². The van der Waals surface area contributed by atoms with Crippen molar-refractivity contribution in [3.8, 4) is 0 Å². The Labute approximate surface area is 182 Å². The summed E-state index contributed by atoms with van der Waals surface area (Å²) < 4.78 is 27.0. The molecule has 166 valence electrons. The first-order valence-corrected chi connectivity index (χ1v) is 11.2. The van der Waals surface area contributed by atoms with Crippen LogP contribution in [0.1, 0.15) is 48.4 Å². The Hall–Kier alpha value is -3.04. The molecule has 8 nitrogen and oxygen atoms in total. The summed E-state index contributed by atoms with van der Waals surface area (Å²) in [4.78, 5) is 35.5. The number of nitrogens with one attached hydrogen (secondary N) is 3. The molecule has 0 bridgehead atoms. The Bertz CT molecular complexity index is 1050. The Balaban J connectivity index is 1.84. The Morgan fingerprint density at radius 3 is 1.90 bits per heavy atom. The summed E-state index contributed by atoms with van der Waals surface area (Å²) in [6.45, 7) is 6.91. The molecule has 0 saturated heterocycles. The van der Waals surface area contributed by atoms with Crippen molar-refractivity contribution in [1.82, 2.24) is 10.0 Å². The first kappa shape index (κ1) is 24.2. The number of anilines is 1. The molecule has 0 atom stereocenters. The number of carbonyl (C=O) groups excluding carboxylic acids is 3. The zero-order valence-electron chi connectivity index (χ0n) is 18.0. The molecule has 0 aliphatic carbocycles. The molecule has 2 rings (SSSR count). The predicted molar refractivity (Wildman–Crippen MR) is 118 cm³/mol. The highest BCUT2D eigenvalue weighted by atomic mass is 32.2. The van der Waals surface area contributed by atoms with Crippen LogP contribution in [0.5, 0.6) is 0 Å². The minimum atomic E-state index is -3.75. The van der Waals surface area contributed by atoms with Crippen molar-refractivity contribution in [2.75, 3.05) is 18.4 Å². The lowest BCUT2D eigenvalue weighted by atomic mass is 9.95. The normalized spacial score (nSPS) is 11.6. The van der Waals surface area contributed by atoms with E-state index in [1.54, 1.807) is 45.0 Å². The highest BCUT2D eigenvalue weighted by Gasteiger charge is 2.21. The number of sulfonamides is 1. The molecule has 0 radical (unpaired) electrons. The SMILES string of the molecule is CC(=O)c1ccc(S(=O)(=O)NCCNC(=O)c2ccc(NC(=O)C(C)(C)C)cc2)cc1. The second-order valence-electron chi connectivity index (χ2n) is 8.02. The number of rotatable bonds is 8. The number of amides is 2. The number of Topliss-reactive ketones (excluding diaryl/α,β-unsaturated/α-hetero) is 1. The van der Waals surface area contributed by atoms with Gasteiger partial charge in [-0.1, -0.05) is 32.9 Å². The fraction of sp³-hybridized carbons (Fsp3) is 0.318. The molecule has 0 aromatic heterocycles. The van der Waals surface area contributed by atoms with Crippen molar-refractivity contribution in [2.45, 2.75) is 32.6 Å². The van der Waals surface area contributed by atoms with E-state index < -0.39 is 15.4 Å². The Kier molecular flexibility index (Phi) is 7.70. The second-order valence-corrected chi connectivity index (χ2v) is 9.78. The van der Waals surface area contributed by atoms with Crippen LogP contribution in [0.3, 0.4) is 0 Å². The molecule has 31 heavy (non-hydrogen) atoms. The van der Waals surface area contributed by atoms with Gasteiger partial charge in [-0.15, -0.1) is 0 Å². The average molecular weight is 446 g/mol. The van der Waals surface area contributed by atoms with E-state index in [-0.39, 0.29) is 35.6 Å². The van der Waals surface area contributed by atoms with Crippen LogP contribution in [-0.2, 0) is 14.8 Å². The van der Waals surface area contributed by atoms with Gasteiger partial charge in [0.1, 0.15) is 0 Å². The predicted octanol–water partition coefficient (Wildman–Crippen LogP) is 2.58. The van der Waals surface area contributed by atoms with Gasteiger partial charge in [-0.25, -0.2) is 13.1 Å². The van der Waals surface area contributed by atoms with Gasteiger partial charge in [0.25, 0.3) is 5.91 Å². The van der Waals surface area contributed by atoms with Crippen LogP contribution in [0.2, 0.25) is 0 Å². The van der Waals surface area contributed by atoms with Crippen LogP contribution < -0.4 is 15.4 Å². The van der Waals surface area contributed by atoms with E-state index in [4.69, 9.17) is 0 Å². The quantitative estimate of drug-likeness (QED) is 0.426. The lowest BCUT2D eigenvalue weighted by Gasteiger charge is -2.17. The number of benzene rings is 2. The zero-order chi connectivity index (χ0) is 23.2. The van der Waals surface area contributed by atoms with Gasteiger partial charge >= 0.3 is 0 Å². The summed E-state index contributed by atoms with van der Waals surface area (Å²) in [5.41, 5.74) is 0.866. The fourth-order valence-corrected chi connectivity index (χ4v) is 3.47. The molecule has 2 amide bonds. The second kappa shape index (κ2) is 9.84. The lowest BCUT2D eigenvalue weighted by molar-refractivity contribution is -0.123. The smallest absolute Gasteiger partial charge is 0.251 e. The van der Waals surface area contributed by atoms with E-state index in [1.807, 2.05) is 0 Å². The van der Waals surface area contributed by atoms with Crippen molar-refractivity contribution in [3.05, 3.63) is 59.7 Å². The van der Waals surface area contributed by atoms with E-state index in [0.29, 0.717) is 16.8 Å². The average Bonchev–Trinajstić information content (AvgIpc) is 2.71. The molecular formula is C22H27N3O5S. The van der Waals surface area contributed by atoms with Crippen LogP contribution in [0.25, 0.3) is 0 Å². The van der Waals surface area contributed by atoms with Gasteiger partial charge in [0.05, 0.1) is 4.90 Å². The van der Waals surface area contributed by atoms with Crippen molar-refractivity contribution < 1.29 is 22.8 Å². The standard InChI is InChI=1S/C22H27N3O5S/c1-15(26)16-7-11-19(12-8-16)31(29,30)24-14-13-23-20(27)17-5-9-18(10-6-17)25-21(28)22(2,3)4/h5-12,24H,13-14H2,1-4H3,(H,23,27)(H,25,28). The summed E-state index contributed by atoms with van der Waals surface area (Å²) >= 11 is 0. The monoisotopic (exact) mass is 445 g/mol. The van der Waals surface area contributed by atoms with Crippen LogP contribution >= 0.6 is 0 Å². The van der Waals surface area contributed by atoms with E-state index in [1.165, 1.54) is 31.2 Å². The van der Waals surface area contributed by atoms with Gasteiger partial charge in [-0.3, -0.25) is 14.4 Å². The van der Waals surface area contributed by atoms with Crippen molar-refractivity contribution in [1.29, 1.82) is 0 Å². The molecule has 3 N–H and O–H groups in total. The van der Waals surface area contributed by atoms with E-state index >= 15 is 0 Å². The fourth-order valence-electron chi connectivity index (χ4n) is 2.44. The van der Waals surface area contributed by atoms with Crippen molar-refractivity contribution >= 4 is 33.3 Å². The molecule has 2 aromatic rings. The molecule has 9 heteroatoms. The van der Waals surface area contributed by atoms with Gasteiger partial charge in [-0.05, 0) is 43.3 Å². The summed E-state index contributed by atoms with van der Waals surface area (Å²) in [5, 5.41) is 5.41. The number of hydrogen-bond acceptors (Lipinski definition) is 5. The molecule has 0 spiro atoms. The topological polar surface area (TPSA) is 121 Å². The third-order valence-corrected chi connectivity index (χ3v) is 5.84. The summed E-state index contributed by atoms with van der Waals surface area (Å²) in [7, 11) is -3.75. The Morgan fingerprint density at radius 1 is 0.839 bits per heavy atom. The highest BCUT2D eigenvalue weighted by Crippen LogP contribution is 2.17. The number of hydrogen-bond donors (Lipinski definition) is 3. The number of ketones is 1. The van der Waals surface area contributed by atoms with E-state index in [0.717, 1.165) is 0 Å². The maximum Gasteiger partial charge on any atom is 0.251 e. The summed E-state index contributed by atoms with van der Waals surface area (Å²) in [6.07, 6.45) is 0. The lowest BCUT2D eigenvalue weighted by Crippen LogP contribution is -2.34. The van der Waals surface area contributed by atoms with E-state index in [9.17, 15) is 22.8 Å². The van der Waals surface area contributed by atoms with Gasteiger partial charge in [-0.2, -0.15) is 0 Å². The third-order valence-electron chi connectivity index (χ3n) is 4.36. The first-order valence-electron chi connectivity index (χ1n) is 9.70. The van der Waals surface area contributed by atoms with E-state index in [2.05, 4.69) is 15.4 Å². The highest BCUT2D eigenvalue weighted by molar-refractivity contribution is 7.89. The summed E-state index contributed by atoms with van der Waals surface area (Å²) in [6, 6.07) is 12.0. The van der Waals surface area contributed by atoms with Crippen LogP contribution in [0.15, 0.2) is 53.4 Å².